The minimum absolute atomic E-state index is 0.0938. The van der Waals surface area contributed by atoms with Crippen molar-refractivity contribution in [1.29, 1.82) is 0 Å². The van der Waals surface area contributed by atoms with Crippen LogP contribution in [0.1, 0.15) is 44.9 Å². The van der Waals surface area contributed by atoms with E-state index in [1.807, 2.05) is 0 Å². The summed E-state index contributed by atoms with van der Waals surface area (Å²) in [4.78, 5) is 0. The highest BCUT2D eigenvalue weighted by Crippen LogP contribution is 2.59. The topological polar surface area (TPSA) is 66.5 Å². The van der Waals surface area contributed by atoms with Crippen molar-refractivity contribution in [3.05, 3.63) is 0 Å². The average molecular weight is 241 g/mol. The third kappa shape index (κ3) is 3.01. The van der Waals surface area contributed by atoms with E-state index in [0.717, 1.165) is 24.3 Å². The predicted octanol–water partition coefficient (Wildman–Crippen LogP) is 1.52. The van der Waals surface area contributed by atoms with Crippen LogP contribution in [0.3, 0.4) is 0 Å². The zero-order valence-corrected chi connectivity index (χ0v) is 10.8. The molecule has 4 rings (SSSR count). The van der Waals surface area contributed by atoms with E-state index in [0.29, 0.717) is 11.8 Å². The van der Waals surface area contributed by atoms with E-state index in [1.54, 1.807) is 0 Å². The van der Waals surface area contributed by atoms with Crippen molar-refractivity contribution in [3.63, 3.8) is 0 Å². The van der Waals surface area contributed by atoms with Gasteiger partial charge in [0, 0.05) is 13.2 Å². The Labute approximate surface area is 104 Å². The summed E-state index contributed by atoms with van der Waals surface area (Å²) in [7, 11) is 0. The molecule has 4 aliphatic rings. The Kier molecular flexibility index (Phi) is 4.45. The van der Waals surface area contributed by atoms with Crippen LogP contribution in [-0.2, 0) is 0 Å². The normalized spacial score (nSPS) is 42.2. The van der Waals surface area contributed by atoms with Gasteiger partial charge in [0.1, 0.15) is 0 Å². The Balaban J connectivity index is 0.000000188. The van der Waals surface area contributed by atoms with Gasteiger partial charge in [-0.25, -0.2) is 0 Å². The maximum atomic E-state index is 7.91. The fourth-order valence-electron chi connectivity index (χ4n) is 4.61. The fraction of sp³-hybridized carbons (Fsp3) is 1.00. The summed E-state index contributed by atoms with van der Waals surface area (Å²) in [5, 5.41) is 15.8. The van der Waals surface area contributed by atoms with Crippen molar-refractivity contribution < 1.29 is 10.2 Å². The van der Waals surface area contributed by atoms with Crippen LogP contribution >= 0.6 is 0 Å². The molecule has 0 unspecified atom stereocenters. The first-order valence-corrected chi connectivity index (χ1v) is 7.13. The molecule has 0 aromatic rings. The zero-order chi connectivity index (χ0) is 12.3. The first-order valence-electron chi connectivity index (χ1n) is 7.13. The summed E-state index contributed by atoms with van der Waals surface area (Å²) >= 11 is 0. The van der Waals surface area contributed by atoms with Gasteiger partial charge in [-0.15, -0.1) is 0 Å². The second-order valence-corrected chi connectivity index (χ2v) is 6.42. The van der Waals surface area contributed by atoms with E-state index >= 15 is 0 Å². The quantitative estimate of drug-likeness (QED) is 0.702. The number of nitrogens with two attached hydrogens (primary N) is 1. The molecule has 0 aromatic heterocycles. The molecule has 0 amide bonds. The van der Waals surface area contributed by atoms with Gasteiger partial charge in [0.15, 0.2) is 0 Å². The number of hydrogen-bond donors (Lipinski definition) is 3. The van der Waals surface area contributed by atoms with E-state index in [1.165, 1.54) is 38.5 Å². The van der Waals surface area contributed by atoms with E-state index in [4.69, 9.17) is 15.9 Å². The van der Waals surface area contributed by atoms with Crippen LogP contribution in [0.15, 0.2) is 0 Å². The van der Waals surface area contributed by atoms with Crippen molar-refractivity contribution in [2.45, 2.75) is 44.9 Å². The molecular formula is C14H27NO2. The number of hydrogen-bond acceptors (Lipinski definition) is 3. The fourth-order valence-corrected chi connectivity index (χ4v) is 4.61. The van der Waals surface area contributed by atoms with E-state index in [2.05, 4.69) is 0 Å². The minimum Gasteiger partial charge on any atom is -0.396 e. The Morgan fingerprint density at radius 1 is 0.882 bits per heavy atom. The molecule has 0 heterocycles. The molecule has 4 fully saturated rings. The summed E-state index contributed by atoms with van der Waals surface area (Å²) in [6.45, 7) is 1.16. The number of rotatable bonds is 3. The van der Waals surface area contributed by atoms with Gasteiger partial charge in [-0.2, -0.15) is 0 Å². The van der Waals surface area contributed by atoms with Crippen molar-refractivity contribution in [2.75, 3.05) is 19.8 Å². The van der Waals surface area contributed by atoms with Crippen molar-refractivity contribution >= 4 is 0 Å². The summed E-state index contributed by atoms with van der Waals surface area (Å²) in [5.41, 5.74) is 6.55. The van der Waals surface area contributed by atoms with E-state index in [9.17, 15) is 0 Å². The molecule has 4 saturated carbocycles. The van der Waals surface area contributed by atoms with Crippen LogP contribution in [-0.4, -0.2) is 30.0 Å². The molecule has 0 radical (unpaired) electrons. The lowest BCUT2D eigenvalue weighted by atomic mass is 9.50. The highest BCUT2D eigenvalue weighted by molar-refractivity contribution is 5.01. The molecule has 0 aliphatic heterocycles. The maximum Gasteiger partial charge on any atom is 0.0452 e. The lowest BCUT2D eigenvalue weighted by Crippen LogP contribution is -2.49. The summed E-state index contributed by atoms with van der Waals surface area (Å²) in [5.74, 6) is 3.21. The van der Waals surface area contributed by atoms with Crippen LogP contribution in [0.5, 0.6) is 0 Å². The van der Waals surface area contributed by atoms with Gasteiger partial charge in [0.25, 0.3) is 0 Å². The van der Waals surface area contributed by atoms with Gasteiger partial charge in [0.2, 0.25) is 0 Å². The van der Waals surface area contributed by atoms with Crippen LogP contribution < -0.4 is 5.73 Å². The SMILES string of the molecule is NCC12CC3CC(CC(C3)C1)C2.OCCCO. The van der Waals surface area contributed by atoms with Gasteiger partial charge in [-0.3, -0.25) is 0 Å². The Hall–Kier alpha value is -0.120. The lowest BCUT2D eigenvalue weighted by Gasteiger charge is -2.56. The van der Waals surface area contributed by atoms with Crippen molar-refractivity contribution in [1.82, 2.24) is 0 Å². The lowest BCUT2D eigenvalue weighted by molar-refractivity contribution is -0.0468. The molecule has 0 saturated heterocycles. The molecule has 4 aliphatic carbocycles. The van der Waals surface area contributed by atoms with Gasteiger partial charge < -0.3 is 15.9 Å². The second kappa shape index (κ2) is 5.68. The minimum atomic E-state index is 0.0938. The Bertz CT molecular complexity index is 205. The summed E-state index contributed by atoms with van der Waals surface area (Å²) in [6, 6.07) is 0. The molecule has 4 bridgehead atoms. The van der Waals surface area contributed by atoms with Crippen molar-refractivity contribution in [2.24, 2.45) is 28.9 Å². The van der Waals surface area contributed by atoms with Gasteiger partial charge in [-0.05, 0) is 74.7 Å². The summed E-state index contributed by atoms with van der Waals surface area (Å²) < 4.78 is 0. The predicted molar refractivity (Wildman–Crippen MR) is 68.4 cm³/mol. The van der Waals surface area contributed by atoms with Gasteiger partial charge in [0.05, 0.1) is 0 Å². The molecule has 4 N–H and O–H groups in total. The molecular weight excluding hydrogens is 214 g/mol. The Morgan fingerprint density at radius 3 is 1.53 bits per heavy atom. The molecule has 0 aromatic carbocycles. The third-order valence-corrected chi connectivity index (χ3v) is 4.91. The number of aliphatic hydroxyl groups excluding tert-OH is 2. The molecule has 3 heteroatoms. The maximum absolute atomic E-state index is 7.91. The molecule has 0 atom stereocenters. The largest absolute Gasteiger partial charge is 0.396 e. The van der Waals surface area contributed by atoms with Crippen LogP contribution in [0.2, 0.25) is 0 Å². The zero-order valence-electron chi connectivity index (χ0n) is 10.8. The van der Waals surface area contributed by atoms with Gasteiger partial charge in [-0.1, -0.05) is 0 Å². The molecule has 17 heavy (non-hydrogen) atoms. The van der Waals surface area contributed by atoms with Crippen LogP contribution in [0, 0.1) is 23.2 Å². The van der Waals surface area contributed by atoms with Crippen LogP contribution in [0.25, 0.3) is 0 Å². The van der Waals surface area contributed by atoms with Crippen LogP contribution in [0.4, 0.5) is 0 Å². The highest BCUT2D eigenvalue weighted by Gasteiger charge is 2.49. The molecule has 100 valence electrons. The monoisotopic (exact) mass is 241 g/mol. The molecule has 0 spiro atoms. The van der Waals surface area contributed by atoms with E-state index < -0.39 is 0 Å². The average Bonchev–Trinajstić information content (AvgIpc) is 2.29. The number of aliphatic hydroxyl groups is 2. The van der Waals surface area contributed by atoms with E-state index in [-0.39, 0.29) is 13.2 Å². The molecule has 3 nitrogen and oxygen atoms in total. The standard InChI is InChI=1S/C11H19N.C3H8O2/c12-7-11-4-8-1-9(5-11)3-10(2-8)6-11;4-2-1-3-5/h8-10H,1-7,12H2;4-5H,1-3H2. The first-order chi connectivity index (χ1) is 8.21. The summed E-state index contributed by atoms with van der Waals surface area (Å²) in [6.07, 6.45) is 9.53. The third-order valence-electron chi connectivity index (χ3n) is 4.91. The second-order valence-electron chi connectivity index (χ2n) is 6.42. The van der Waals surface area contributed by atoms with Crippen molar-refractivity contribution in [3.8, 4) is 0 Å². The van der Waals surface area contributed by atoms with Gasteiger partial charge >= 0.3 is 0 Å². The Morgan fingerprint density at radius 2 is 1.29 bits per heavy atom. The smallest absolute Gasteiger partial charge is 0.0452 e. The highest BCUT2D eigenvalue weighted by atomic mass is 16.3. The first kappa shape index (κ1) is 13.3.